The molecule has 3 heterocycles. The first-order valence-corrected chi connectivity index (χ1v) is 7.96. The molecule has 0 spiro atoms. The van der Waals surface area contributed by atoms with Gasteiger partial charge in [0.2, 0.25) is 5.91 Å². The highest BCUT2D eigenvalue weighted by Gasteiger charge is 2.45. The summed E-state index contributed by atoms with van der Waals surface area (Å²) in [5.41, 5.74) is 2.50. The van der Waals surface area contributed by atoms with Gasteiger partial charge in [-0.15, -0.1) is 0 Å². The van der Waals surface area contributed by atoms with Gasteiger partial charge >= 0.3 is 0 Å². The molecule has 1 aliphatic rings. The molecule has 4 rings (SSSR count). The van der Waals surface area contributed by atoms with Crippen LogP contribution >= 0.6 is 0 Å². The second kappa shape index (κ2) is 5.20. The van der Waals surface area contributed by atoms with Crippen LogP contribution in [0, 0.1) is 13.8 Å². The van der Waals surface area contributed by atoms with Gasteiger partial charge in [0.1, 0.15) is 5.82 Å². The van der Waals surface area contributed by atoms with Crippen molar-refractivity contribution in [3.8, 4) is 11.5 Å². The van der Waals surface area contributed by atoms with Crippen LogP contribution in [-0.2, 0) is 10.2 Å². The zero-order chi connectivity index (χ0) is 17.8. The topological polar surface area (TPSA) is 85.0 Å². The predicted molar refractivity (Wildman–Crippen MR) is 91.4 cm³/mol. The third-order valence-corrected chi connectivity index (χ3v) is 4.45. The molecule has 7 nitrogen and oxygen atoms in total. The number of fused-ring (bicyclic) bond motifs is 1. The number of amides is 1. The second-order valence-electron chi connectivity index (χ2n) is 6.63. The molecule has 0 unspecified atom stereocenters. The van der Waals surface area contributed by atoms with Crippen molar-refractivity contribution in [1.82, 2.24) is 20.1 Å². The van der Waals surface area contributed by atoms with E-state index >= 15 is 0 Å². The molecule has 0 fully saturated rings. The number of carbonyl (C=O) groups is 1. The van der Waals surface area contributed by atoms with Gasteiger partial charge in [0.15, 0.2) is 5.82 Å². The third kappa shape index (κ3) is 2.31. The fourth-order valence-electron chi connectivity index (χ4n) is 3.05. The van der Waals surface area contributed by atoms with Gasteiger partial charge in [-0.05, 0) is 45.4 Å². The number of carbonyl (C=O) groups excluding carboxylic acids is 1. The summed E-state index contributed by atoms with van der Waals surface area (Å²) in [6.07, 6.45) is 3.32. The summed E-state index contributed by atoms with van der Waals surface area (Å²) in [6.45, 7) is 7.41. The van der Waals surface area contributed by atoms with Gasteiger partial charge in [-0.25, -0.2) is 9.97 Å². The molecule has 0 N–H and O–H groups in total. The van der Waals surface area contributed by atoms with E-state index < -0.39 is 5.41 Å². The molecule has 1 aromatic carbocycles. The third-order valence-electron chi connectivity index (χ3n) is 4.45. The molecule has 2 aromatic heterocycles. The van der Waals surface area contributed by atoms with E-state index in [0.717, 1.165) is 16.8 Å². The molecule has 25 heavy (non-hydrogen) atoms. The molecular weight excluding hydrogens is 318 g/mol. The SMILES string of the molecule is Cc1ncc(N2C(=O)C(C)(C)c3ccc(-c4nc(C)no4)cc32)cn1. The van der Waals surface area contributed by atoms with Crippen LogP contribution < -0.4 is 4.90 Å². The van der Waals surface area contributed by atoms with Gasteiger partial charge in [-0.1, -0.05) is 11.2 Å². The van der Waals surface area contributed by atoms with Gasteiger partial charge in [0, 0.05) is 5.56 Å². The zero-order valence-electron chi connectivity index (χ0n) is 14.4. The molecular formula is C18H17N5O2. The fraction of sp³-hybridized carbons (Fsp3) is 0.278. The van der Waals surface area contributed by atoms with Crippen molar-refractivity contribution in [3.05, 3.63) is 47.8 Å². The summed E-state index contributed by atoms with van der Waals surface area (Å²) in [5.74, 6) is 1.63. The molecule has 7 heteroatoms. The highest BCUT2D eigenvalue weighted by molar-refractivity contribution is 6.12. The van der Waals surface area contributed by atoms with E-state index in [4.69, 9.17) is 4.52 Å². The zero-order valence-corrected chi connectivity index (χ0v) is 14.4. The fourth-order valence-corrected chi connectivity index (χ4v) is 3.05. The standard InChI is InChI=1S/C18H17N5O2/c1-10-19-8-13(9-20-10)23-15-7-12(16-21-11(2)22-25-16)5-6-14(15)18(3,4)17(23)24/h5-9H,1-4H3. The molecule has 0 aliphatic carbocycles. The quantitative estimate of drug-likeness (QED) is 0.715. The van der Waals surface area contributed by atoms with Gasteiger partial charge in [-0.2, -0.15) is 4.98 Å². The Morgan fingerprint density at radius 1 is 1.08 bits per heavy atom. The van der Waals surface area contributed by atoms with Crippen molar-refractivity contribution in [3.63, 3.8) is 0 Å². The van der Waals surface area contributed by atoms with Crippen LogP contribution in [0.25, 0.3) is 11.5 Å². The smallest absolute Gasteiger partial charge is 0.257 e. The first kappa shape index (κ1) is 15.4. The van der Waals surface area contributed by atoms with Crippen LogP contribution in [-0.4, -0.2) is 26.0 Å². The molecule has 1 aliphatic heterocycles. The number of hydrogen-bond acceptors (Lipinski definition) is 6. The highest BCUT2D eigenvalue weighted by atomic mass is 16.5. The van der Waals surface area contributed by atoms with E-state index in [1.165, 1.54) is 0 Å². The predicted octanol–water partition coefficient (Wildman–Crippen LogP) is 3.10. The number of aromatic nitrogens is 4. The normalized spacial score (nSPS) is 15.5. The van der Waals surface area contributed by atoms with E-state index in [1.807, 2.05) is 39.0 Å². The summed E-state index contributed by atoms with van der Waals surface area (Å²) in [7, 11) is 0. The minimum Gasteiger partial charge on any atom is -0.334 e. The lowest BCUT2D eigenvalue weighted by atomic mass is 9.86. The van der Waals surface area contributed by atoms with Crippen LogP contribution in [0.4, 0.5) is 11.4 Å². The van der Waals surface area contributed by atoms with Crippen molar-refractivity contribution >= 4 is 17.3 Å². The van der Waals surface area contributed by atoms with Crippen LogP contribution in [0.2, 0.25) is 0 Å². The molecule has 0 saturated heterocycles. The maximum atomic E-state index is 13.0. The van der Waals surface area contributed by atoms with Crippen LogP contribution in [0.15, 0.2) is 35.1 Å². The monoisotopic (exact) mass is 335 g/mol. The van der Waals surface area contributed by atoms with E-state index in [2.05, 4.69) is 20.1 Å². The number of rotatable bonds is 2. The van der Waals surface area contributed by atoms with E-state index in [1.54, 1.807) is 24.2 Å². The average molecular weight is 335 g/mol. The maximum Gasteiger partial charge on any atom is 0.257 e. The molecule has 1 amide bonds. The Labute approximate surface area is 144 Å². The summed E-state index contributed by atoms with van der Waals surface area (Å²) < 4.78 is 5.26. The van der Waals surface area contributed by atoms with Crippen molar-refractivity contribution in [2.24, 2.45) is 0 Å². The lowest BCUT2D eigenvalue weighted by molar-refractivity contribution is -0.121. The van der Waals surface area contributed by atoms with E-state index in [0.29, 0.717) is 23.2 Å². The Bertz CT molecular complexity index is 975. The van der Waals surface area contributed by atoms with Gasteiger partial charge in [-0.3, -0.25) is 9.69 Å². The van der Waals surface area contributed by atoms with Gasteiger partial charge in [0.25, 0.3) is 5.89 Å². The average Bonchev–Trinajstić information content (AvgIpc) is 3.10. The molecule has 0 bridgehead atoms. The van der Waals surface area contributed by atoms with E-state index in [-0.39, 0.29) is 5.91 Å². The lowest BCUT2D eigenvalue weighted by Crippen LogP contribution is -2.33. The highest BCUT2D eigenvalue weighted by Crippen LogP contribution is 2.46. The Kier molecular flexibility index (Phi) is 3.21. The summed E-state index contributed by atoms with van der Waals surface area (Å²) in [4.78, 5) is 27.4. The molecule has 0 atom stereocenters. The van der Waals surface area contributed by atoms with Gasteiger partial charge < -0.3 is 4.52 Å². The van der Waals surface area contributed by atoms with Crippen molar-refractivity contribution in [2.75, 3.05) is 4.90 Å². The summed E-state index contributed by atoms with van der Waals surface area (Å²) in [5, 5.41) is 3.83. The Morgan fingerprint density at radius 3 is 2.44 bits per heavy atom. The minimum absolute atomic E-state index is 0.0196. The number of anilines is 2. The Balaban J connectivity index is 1.89. The first-order valence-electron chi connectivity index (χ1n) is 7.96. The van der Waals surface area contributed by atoms with Crippen molar-refractivity contribution < 1.29 is 9.32 Å². The Hall–Kier alpha value is -3.09. The van der Waals surface area contributed by atoms with Crippen LogP contribution in [0.5, 0.6) is 0 Å². The number of nitrogens with zero attached hydrogens (tertiary/aromatic N) is 5. The van der Waals surface area contributed by atoms with Crippen LogP contribution in [0.3, 0.4) is 0 Å². The first-order chi connectivity index (χ1) is 11.9. The summed E-state index contributed by atoms with van der Waals surface area (Å²) in [6, 6.07) is 5.74. The largest absolute Gasteiger partial charge is 0.334 e. The molecule has 3 aromatic rings. The lowest BCUT2D eigenvalue weighted by Gasteiger charge is -2.19. The second-order valence-corrected chi connectivity index (χ2v) is 6.63. The summed E-state index contributed by atoms with van der Waals surface area (Å²) >= 11 is 0. The molecule has 126 valence electrons. The number of hydrogen-bond donors (Lipinski definition) is 0. The van der Waals surface area contributed by atoms with Crippen molar-refractivity contribution in [2.45, 2.75) is 33.1 Å². The maximum absolute atomic E-state index is 13.0. The Morgan fingerprint density at radius 2 is 1.80 bits per heavy atom. The van der Waals surface area contributed by atoms with Gasteiger partial charge in [0.05, 0.1) is 29.2 Å². The number of benzene rings is 1. The molecule has 0 saturated carbocycles. The van der Waals surface area contributed by atoms with E-state index in [9.17, 15) is 4.79 Å². The number of aryl methyl sites for hydroxylation is 2. The van der Waals surface area contributed by atoms with Crippen molar-refractivity contribution in [1.29, 1.82) is 0 Å². The minimum atomic E-state index is -0.635. The molecule has 0 radical (unpaired) electrons. The van der Waals surface area contributed by atoms with Crippen LogP contribution in [0.1, 0.15) is 31.1 Å².